The van der Waals surface area contributed by atoms with E-state index in [1.807, 2.05) is 18.2 Å². The third kappa shape index (κ3) is 1.98. The van der Waals surface area contributed by atoms with Crippen LogP contribution in [-0.4, -0.2) is 11.9 Å². The first-order valence-corrected chi connectivity index (χ1v) is 6.60. The normalized spacial score (nSPS) is 12.6. The van der Waals surface area contributed by atoms with Gasteiger partial charge in [-0.1, -0.05) is 18.2 Å². The van der Waals surface area contributed by atoms with Gasteiger partial charge in [0, 0.05) is 11.1 Å². The molecule has 6 heteroatoms. The number of hydrogen-bond acceptors (Lipinski definition) is 3. The number of carbonyl (C=O) groups excluding carboxylic acids is 2. The molecule has 1 aromatic heterocycles. The van der Waals surface area contributed by atoms with E-state index in [0.717, 1.165) is 5.39 Å². The molecule has 0 atom stereocenters. The molecule has 1 aliphatic rings. The second-order valence-corrected chi connectivity index (χ2v) is 4.81. The average Bonchev–Trinajstić information content (AvgIpc) is 3.09. The first-order chi connectivity index (χ1) is 10.7. The van der Waals surface area contributed by atoms with E-state index in [9.17, 15) is 9.59 Å². The Balaban J connectivity index is 1.69. The minimum atomic E-state index is -0.528. The molecule has 0 radical (unpaired) electrons. The number of hydrogen-bond donors (Lipinski definition) is 1. The number of amides is 3. The predicted octanol–water partition coefficient (Wildman–Crippen LogP) is 2.06. The first-order valence-electron chi connectivity index (χ1n) is 6.60. The molecule has 0 bridgehead atoms. The number of para-hydroxylation sites is 1. The van der Waals surface area contributed by atoms with Gasteiger partial charge in [0.2, 0.25) is 0 Å². The maximum absolute atomic E-state index is 12.4. The highest BCUT2D eigenvalue weighted by Gasteiger charge is 2.14. The lowest BCUT2D eigenvalue weighted by atomic mass is 10.1. The molecule has 0 fully saturated rings. The summed E-state index contributed by atoms with van der Waals surface area (Å²) in [7, 11) is 0. The Bertz CT molecular complexity index is 1050. The second kappa shape index (κ2) is 4.63. The molecule has 22 heavy (non-hydrogen) atoms. The van der Waals surface area contributed by atoms with Crippen LogP contribution in [0.4, 0.5) is 10.5 Å². The van der Waals surface area contributed by atoms with Crippen LogP contribution in [0.5, 0.6) is 0 Å². The highest BCUT2D eigenvalue weighted by atomic mass is 16.3. The SMILES string of the molecule is O=C1N=c2ccc(NC(=O)c3coc4ccccc34)cc2=N1. The fourth-order valence-corrected chi connectivity index (χ4v) is 2.37. The molecule has 3 aromatic rings. The van der Waals surface area contributed by atoms with Crippen LogP contribution in [0.25, 0.3) is 11.0 Å². The minimum Gasteiger partial charge on any atom is -0.463 e. The highest BCUT2D eigenvalue weighted by Crippen LogP contribution is 2.21. The molecule has 0 unspecified atom stereocenters. The van der Waals surface area contributed by atoms with Gasteiger partial charge in [-0.3, -0.25) is 4.79 Å². The summed E-state index contributed by atoms with van der Waals surface area (Å²) in [6.45, 7) is 0. The molecule has 0 aliphatic carbocycles. The van der Waals surface area contributed by atoms with Crippen LogP contribution >= 0.6 is 0 Å². The third-order valence-electron chi connectivity index (χ3n) is 3.39. The molecule has 0 saturated carbocycles. The summed E-state index contributed by atoms with van der Waals surface area (Å²) >= 11 is 0. The number of rotatable bonds is 2. The van der Waals surface area contributed by atoms with Crippen molar-refractivity contribution in [1.29, 1.82) is 0 Å². The molecule has 0 spiro atoms. The molecule has 3 amide bonds. The van der Waals surface area contributed by atoms with E-state index in [-0.39, 0.29) is 5.91 Å². The molecule has 1 N–H and O–H groups in total. The van der Waals surface area contributed by atoms with Gasteiger partial charge < -0.3 is 9.73 Å². The van der Waals surface area contributed by atoms with Crippen molar-refractivity contribution < 1.29 is 14.0 Å². The van der Waals surface area contributed by atoms with Gasteiger partial charge in [0.05, 0.1) is 16.3 Å². The molecule has 6 nitrogen and oxygen atoms in total. The van der Waals surface area contributed by atoms with Crippen LogP contribution in [0.1, 0.15) is 10.4 Å². The molecular weight excluding hydrogens is 282 g/mol. The maximum atomic E-state index is 12.4. The van der Waals surface area contributed by atoms with E-state index in [0.29, 0.717) is 27.5 Å². The van der Waals surface area contributed by atoms with Crippen LogP contribution in [0.3, 0.4) is 0 Å². The van der Waals surface area contributed by atoms with Gasteiger partial charge in [-0.15, -0.1) is 0 Å². The number of nitrogens with zero attached hydrogens (tertiary/aromatic N) is 2. The van der Waals surface area contributed by atoms with E-state index < -0.39 is 6.03 Å². The topological polar surface area (TPSA) is 84.0 Å². The molecule has 0 saturated heterocycles. The lowest BCUT2D eigenvalue weighted by molar-refractivity contribution is 0.102. The highest BCUT2D eigenvalue weighted by molar-refractivity contribution is 6.12. The van der Waals surface area contributed by atoms with E-state index >= 15 is 0 Å². The van der Waals surface area contributed by atoms with Gasteiger partial charge in [-0.05, 0) is 24.3 Å². The fourth-order valence-electron chi connectivity index (χ4n) is 2.37. The number of urea groups is 1. The second-order valence-electron chi connectivity index (χ2n) is 4.81. The largest absolute Gasteiger partial charge is 0.463 e. The first kappa shape index (κ1) is 12.5. The van der Waals surface area contributed by atoms with Crippen molar-refractivity contribution in [3.8, 4) is 0 Å². The molecule has 4 rings (SSSR count). The lowest BCUT2D eigenvalue weighted by Gasteiger charge is -2.03. The quantitative estimate of drug-likeness (QED) is 0.784. The number of benzene rings is 2. The van der Waals surface area contributed by atoms with Crippen molar-refractivity contribution in [2.24, 2.45) is 9.98 Å². The number of anilines is 1. The van der Waals surface area contributed by atoms with Gasteiger partial charge in [0.1, 0.15) is 11.8 Å². The average molecular weight is 291 g/mol. The van der Waals surface area contributed by atoms with Crippen molar-refractivity contribution in [2.45, 2.75) is 0 Å². The zero-order valence-corrected chi connectivity index (χ0v) is 11.2. The Hall–Kier alpha value is -3.28. The Morgan fingerprint density at radius 2 is 1.86 bits per heavy atom. The van der Waals surface area contributed by atoms with Crippen LogP contribution in [0.2, 0.25) is 0 Å². The molecule has 1 aliphatic heterocycles. The standard InChI is InChI=1S/C16H9N3O3/c20-15(11-8-22-14-4-2-1-3-10(11)14)17-9-5-6-12-13(7-9)19-16(21)18-12/h1-8H,(H,17,20). The monoisotopic (exact) mass is 291 g/mol. The Labute approximate surface area is 123 Å². The van der Waals surface area contributed by atoms with Crippen LogP contribution in [0.15, 0.2) is 63.1 Å². The molecule has 106 valence electrons. The molecule has 2 aromatic carbocycles. The Morgan fingerprint density at radius 3 is 2.77 bits per heavy atom. The van der Waals surface area contributed by atoms with Crippen LogP contribution < -0.4 is 16.0 Å². The summed E-state index contributed by atoms with van der Waals surface area (Å²) in [5, 5.41) is 4.48. The number of nitrogens with one attached hydrogen (secondary N) is 1. The summed E-state index contributed by atoms with van der Waals surface area (Å²) in [5.74, 6) is -0.286. The van der Waals surface area contributed by atoms with Crippen molar-refractivity contribution in [1.82, 2.24) is 0 Å². The fraction of sp³-hybridized carbons (Fsp3) is 0. The van der Waals surface area contributed by atoms with E-state index in [4.69, 9.17) is 4.42 Å². The number of furan rings is 1. The number of fused-ring (bicyclic) bond motifs is 2. The third-order valence-corrected chi connectivity index (χ3v) is 3.39. The van der Waals surface area contributed by atoms with Gasteiger partial charge in [0.15, 0.2) is 0 Å². The van der Waals surface area contributed by atoms with Crippen LogP contribution in [-0.2, 0) is 0 Å². The maximum Gasteiger partial charge on any atom is 0.368 e. The molecular formula is C16H9N3O3. The van der Waals surface area contributed by atoms with Gasteiger partial charge in [0.25, 0.3) is 5.91 Å². The lowest BCUT2D eigenvalue weighted by Crippen LogP contribution is -2.22. The van der Waals surface area contributed by atoms with Crippen LogP contribution in [0, 0.1) is 0 Å². The minimum absolute atomic E-state index is 0.286. The van der Waals surface area contributed by atoms with Gasteiger partial charge in [-0.25, -0.2) is 4.79 Å². The van der Waals surface area contributed by atoms with E-state index in [1.165, 1.54) is 6.26 Å². The summed E-state index contributed by atoms with van der Waals surface area (Å²) < 4.78 is 5.36. The Kier molecular flexibility index (Phi) is 2.62. The van der Waals surface area contributed by atoms with Crippen molar-refractivity contribution >= 4 is 28.6 Å². The zero-order chi connectivity index (χ0) is 15.1. The zero-order valence-electron chi connectivity index (χ0n) is 11.2. The van der Waals surface area contributed by atoms with Crippen molar-refractivity contribution in [3.63, 3.8) is 0 Å². The van der Waals surface area contributed by atoms with Gasteiger partial charge >= 0.3 is 6.03 Å². The van der Waals surface area contributed by atoms with Gasteiger partial charge in [-0.2, -0.15) is 9.98 Å². The molecule has 2 heterocycles. The summed E-state index contributed by atoms with van der Waals surface area (Å²) in [5.41, 5.74) is 1.65. The Morgan fingerprint density at radius 1 is 1.05 bits per heavy atom. The summed E-state index contributed by atoms with van der Waals surface area (Å²) in [6, 6.07) is 11.7. The smallest absolute Gasteiger partial charge is 0.368 e. The van der Waals surface area contributed by atoms with E-state index in [2.05, 4.69) is 15.3 Å². The van der Waals surface area contributed by atoms with Crippen molar-refractivity contribution in [3.05, 3.63) is 65.0 Å². The summed E-state index contributed by atoms with van der Waals surface area (Å²) in [4.78, 5) is 31.0. The van der Waals surface area contributed by atoms with Crippen molar-refractivity contribution in [2.75, 3.05) is 5.32 Å². The summed E-state index contributed by atoms with van der Waals surface area (Å²) in [6.07, 6.45) is 1.43. The van der Waals surface area contributed by atoms with E-state index in [1.54, 1.807) is 24.3 Å². The number of carbonyl (C=O) groups is 2. The predicted molar refractivity (Wildman–Crippen MR) is 78.3 cm³/mol.